The van der Waals surface area contributed by atoms with Crippen molar-refractivity contribution in [1.29, 1.82) is 0 Å². The summed E-state index contributed by atoms with van der Waals surface area (Å²) >= 11 is 0. The molecule has 1 heterocycles. The Kier molecular flexibility index (Phi) is 2.91. The summed E-state index contributed by atoms with van der Waals surface area (Å²) in [5.41, 5.74) is 0.0583. The third-order valence-corrected chi connectivity index (χ3v) is 2.30. The first-order chi connectivity index (χ1) is 5.91. The van der Waals surface area contributed by atoms with Gasteiger partial charge in [0.1, 0.15) is 0 Å². The fourth-order valence-corrected chi connectivity index (χ4v) is 1.27. The maximum atomic E-state index is 9.01. The smallest absolute Gasteiger partial charge is 0.423 e. The largest absolute Gasteiger partial charge is 0.490 e. The molecule has 0 aromatic carbocycles. The molecule has 0 aliphatic heterocycles. The lowest BCUT2D eigenvalue weighted by Crippen LogP contribution is -2.30. The summed E-state index contributed by atoms with van der Waals surface area (Å²) in [6.45, 7) is 0. The second-order valence-corrected chi connectivity index (χ2v) is 4.08. The molecule has 0 aliphatic carbocycles. The Labute approximate surface area is 76.7 Å². The minimum atomic E-state index is -3.34. The molecule has 0 atom stereocenters. The third-order valence-electron chi connectivity index (χ3n) is 1.38. The van der Waals surface area contributed by atoms with Crippen molar-refractivity contribution in [2.24, 2.45) is 5.14 Å². The molecule has 1 aromatic heterocycles. The molecule has 0 saturated carbocycles. The highest BCUT2D eigenvalue weighted by atomic mass is 32.3. The predicted octanol–water partition coefficient (Wildman–Crippen LogP) is -1.26. The molecule has 0 bridgehead atoms. The van der Waals surface area contributed by atoms with E-state index in [1.54, 1.807) is 0 Å². The Morgan fingerprint density at radius 3 is 2.38 bits per heavy atom. The fourth-order valence-electron chi connectivity index (χ4n) is 0.741. The van der Waals surface area contributed by atoms with Gasteiger partial charge >= 0.3 is 7.12 Å². The monoisotopic (exact) mass is 204 g/mol. The molecular formula is C5H9BN2O4S. The van der Waals surface area contributed by atoms with Crippen LogP contribution in [0.25, 0.3) is 0 Å². The normalized spacial score (nSPS) is 12.7. The lowest BCUT2D eigenvalue weighted by molar-refractivity contribution is 0.425. The van der Waals surface area contributed by atoms with Crippen LogP contribution in [-0.4, -0.2) is 31.3 Å². The SMILES string of the molecule is NS(O)(O)c1cncc(B(O)O)c1. The van der Waals surface area contributed by atoms with Crippen LogP contribution in [0, 0.1) is 0 Å². The molecule has 13 heavy (non-hydrogen) atoms. The lowest BCUT2D eigenvalue weighted by Gasteiger charge is -2.25. The Morgan fingerprint density at radius 1 is 1.31 bits per heavy atom. The molecule has 0 fully saturated rings. The molecule has 72 valence electrons. The number of nitrogens with zero attached hydrogens (tertiary/aromatic N) is 1. The molecule has 0 radical (unpaired) electrons. The van der Waals surface area contributed by atoms with Crippen molar-refractivity contribution in [3.05, 3.63) is 18.5 Å². The third kappa shape index (κ3) is 2.66. The van der Waals surface area contributed by atoms with E-state index in [0.29, 0.717) is 0 Å². The highest BCUT2D eigenvalue weighted by Crippen LogP contribution is 2.38. The first kappa shape index (κ1) is 10.4. The van der Waals surface area contributed by atoms with Crippen LogP contribution in [0.2, 0.25) is 0 Å². The summed E-state index contributed by atoms with van der Waals surface area (Å²) in [6.07, 6.45) is 2.35. The quantitative estimate of drug-likeness (QED) is 0.383. The molecule has 6 N–H and O–H groups in total. The van der Waals surface area contributed by atoms with Crippen LogP contribution in [-0.2, 0) is 0 Å². The van der Waals surface area contributed by atoms with Crippen molar-refractivity contribution in [2.75, 3.05) is 0 Å². The summed E-state index contributed by atoms with van der Waals surface area (Å²) < 4.78 is 18.0. The van der Waals surface area contributed by atoms with Gasteiger partial charge in [-0.1, -0.05) is 0 Å². The molecule has 0 amide bonds. The van der Waals surface area contributed by atoms with Gasteiger partial charge in [-0.05, 0) is 6.07 Å². The fraction of sp³-hybridized carbons (Fsp3) is 0. The maximum Gasteiger partial charge on any atom is 0.490 e. The van der Waals surface area contributed by atoms with Crippen LogP contribution >= 0.6 is 10.8 Å². The average molecular weight is 204 g/mol. The highest BCUT2D eigenvalue weighted by Gasteiger charge is 2.16. The number of hydrogen-bond donors (Lipinski definition) is 5. The highest BCUT2D eigenvalue weighted by molar-refractivity contribution is 8.22. The van der Waals surface area contributed by atoms with E-state index >= 15 is 0 Å². The zero-order chi connectivity index (χ0) is 10.1. The number of nitrogens with two attached hydrogens (primary N) is 1. The predicted molar refractivity (Wildman–Crippen MR) is 49.4 cm³/mol. The first-order valence-corrected chi connectivity index (χ1v) is 4.89. The Morgan fingerprint density at radius 2 is 1.92 bits per heavy atom. The Bertz CT molecular complexity index is 303. The molecular weight excluding hydrogens is 195 g/mol. The number of hydrogen-bond acceptors (Lipinski definition) is 6. The van der Waals surface area contributed by atoms with Gasteiger partial charge in [-0.3, -0.25) is 14.1 Å². The molecule has 0 saturated heterocycles. The molecule has 1 rings (SSSR count). The van der Waals surface area contributed by atoms with E-state index in [1.807, 2.05) is 0 Å². The van der Waals surface area contributed by atoms with Gasteiger partial charge in [-0.25, -0.2) is 5.14 Å². The van der Waals surface area contributed by atoms with Crippen LogP contribution in [0.3, 0.4) is 0 Å². The van der Waals surface area contributed by atoms with Crippen LogP contribution in [0.15, 0.2) is 23.4 Å². The average Bonchev–Trinajstić information content (AvgIpc) is 2.03. The van der Waals surface area contributed by atoms with Crippen LogP contribution in [0.5, 0.6) is 0 Å². The molecule has 0 unspecified atom stereocenters. The van der Waals surface area contributed by atoms with Crippen molar-refractivity contribution in [3.63, 3.8) is 0 Å². The van der Waals surface area contributed by atoms with Gasteiger partial charge in [0.05, 0.1) is 11.1 Å². The summed E-state index contributed by atoms with van der Waals surface area (Å²) in [6, 6.07) is 1.17. The van der Waals surface area contributed by atoms with Gasteiger partial charge in [0.15, 0.2) is 0 Å². The van der Waals surface area contributed by atoms with E-state index in [1.165, 1.54) is 12.3 Å². The van der Waals surface area contributed by atoms with Crippen molar-refractivity contribution >= 4 is 23.4 Å². The van der Waals surface area contributed by atoms with Gasteiger partial charge in [0, 0.05) is 11.7 Å². The second kappa shape index (κ2) is 3.62. The molecule has 0 spiro atoms. The number of aromatic nitrogens is 1. The van der Waals surface area contributed by atoms with E-state index < -0.39 is 17.9 Å². The maximum absolute atomic E-state index is 9.01. The second-order valence-electron chi connectivity index (χ2n) is 2.42. The van der Waals surface area contributed by atoms with Gasteiger partial charge in [-0.2, -0.15) is 0 Å². The van der Waals surface area contributed by atoms with Gasteiger partial charge in [0.2, 0.25) is 0 Å². The number of rotatable bonds is 2. The first-order valence-electron chi connectivity index (χ1n) is 3.28. The Balaban J connectivity index is 3.06. The van der Waals surface area contributed by atoms with E-state index in [-0.39, 0.29) is 10.4 Å². The van der Waals surface area contributed by atoms with Crippen molar-refractivity contribution in [3.8, 4) is 0 Å². The van der Waals surface area contributed by atoms with E-state index in [2.05, 4.69) is 4.98 Å². The van der Waals surface area contributed by atoms with Crippen LogP contribution < -0.4 is 10.6 Å². The summed E-state index contributed by atoms with van der Waals surface area (Å²) in [5.74, 6) is 0. The summed E-state index contributed by atoms with van der Waals surface area (Å²) in [7, 11) is -5.04. The molecule has 1 aromatic rings. The van der Waals surface area contributed by atoms with Crippen LogP contribution in [0.4, 0.5) is 0 Å². The van der Waals surface area contributed by atoms with Gasteiger partial charge in [-0.15, -0.1) is 10.8 Å². The van der Waals surface area contributed by atoms with Gasteiger partial charge < -0.3 is 10.0 Å². The van der Waals surface area contributed by atoms with Crippen molar-refractivity contribution < 1.29 is 19.2 Å². The zero-order valence-corrected chi connectivity index (χ0v) is 7.35. The van der Waals surface area contributed by atoms with E-state index in [9.17, 15) is 0 Å². The lowest BCUT2D eigenvalue weighted by atomic mass is 9.82. The van der Waals surface area contributed by atoms with E-state index in [0.717, 1.165) is 6.20 Å². The molecule has 0 aliphatic rings. The topological polar surface area (TPSA) is 120 Å². The Hall–Kier alpha value is -0.635. The molecule has 6 nitrogen and oxygen atoms in total. The summed E-state index contributed by atoms with van der Waals surface area (Å²) in [4.78, 5) is 3.54. The van der Waals surface area contributed by atoms with Crippen molar-refractivity contribution in [1.82, 2.24) is 4.98 Å². The standard InChI is InChI=1S/C5H9BN2O4S/c7-13(11,12)5-1-4(6(9)10)2-8-3-5/h1-3,9-12H,7H2. The zero-order valence-electron chi connectivity index (χ0n) is 6.53. The number of pyridine rings is 1. The van der Waals surface area contributed by atoms with Crippen molar-refractivity contribution in [2.45, 2.75) is 4.90 Å². The van der Waals surface area contributed by atoms with Crippen LogP contribution in [0.1, 0.15) is 0 Å². The minimum Gasteiger partial charge on any atom is -0.423 e. The minimum absolute atomic E-state index is 0.0295. The van der Waals surface area contributed by atoms with Gasteiger partial charge in [0.25, 0.3) is 0 Å². The van der Waals surface area contributed by atoms with E-state index in [4.69, 9.17) is 24.3 Å². The molecule has 8 heteroatoms. The summed E-state index contributed by atoms with van der Waals surface area (Å²) in [5, 5.41) is 22.5.